The molecule has 0 spiro atoms. The molecule has 3 heteroatoms. The minimum atomic E-state index is -0.0494. The molecule has 0 saturated carbocycles. The van der Waals surface area contributed by atoms with E-state index in [4.69, 9.17) is 5.73 Å². The predicted octanol–water partition coefficient (Wildman–Crippen LogP) is 3.39. The molecule has 0 amide bonds. The first-order valence-electron chi connectivity index (χ1n) is 6.71. The van der Waals surface area contributed by atoms with Gasteiger partial charge in [0, 0.05) is 12.6 Å². The highest BCUT2D eigenvalue weighted by atomic mass is 16.1. The molecule has 0 atom stereocenters. The maximum atomic E-state index is 12.2. The second-order valence-electron chi connectivity index (χ2n) is 5.99. The molecule has 3 nitrogen and oxygen atoms in total. The number of nitrogens with two attached hydrogens (primary N) is 1. The molecule has 1 aromatic carbocycles. The van der Waals surface area contributed by atoms with E-state index in [2.05, 4.69) is 37.9 Å². The molecule has 0 unspecified atom stereocenters. The second-order valence-corrected chi connectivity index (χ2v) is 5.99. The van der Waals surface area contributed by atoms with Crippen LogP contribution in [0.1, 0.15) is 42.4 Å². The van der Waals surface area contributed by atoms with Gasteiger partial charge in [0.25, 0.3) is 0 Å². The minimum absolute atomic E-state index is 0.0494. The summed E-state index contributed by atoms with van der Waals surface area (Å²) in [5, 5.41) is 0. The Morgan fingerprint density at radius 2 is 1.80 bits per heavy atom. The van der Waals surface area contributed by atoms with Crippen molar-refractivity contribution in [3.8, 4) is 0 Å². The van der Waals surface area contributed by atoms with E-state index < -0.39 is 0 Å². The average Bonchev–Trinajstić information content (AvgIpc) is 2.38. The summed E-state index contributed by atoms with van der Waals surface area (Å²) in [6.07, 6.45) is 1.91. The van der Waals surface area contributed by atoms with Crippen molar-refractivity contribution in [1.29, 1.82) is 0 Å². The van der Waals surface area contributed by atoms with Crippen molar-refractivity contribution >= 4 is 11.5 Å². The van der Waals surface area contributed by atoms with Crippen LogP contribution in [0.15, 0.2) is 42.6 Å². The number of rotatable bonds is 3. The van der Waals surface area contributed by atoms with Crippen molar-refractivity contribution in [2.75, 3.05) is 5.73 Å². The van der Waals surface area contributed by atoms with Crippen LogP contribution in [-0.4, -0.2) is 10.8 Å². The van der Waals surface area contributed by atoms with E-state index in [1.807, 2.05) is 12.1 Å². The Hall–Kier alpha value is -2.16. The lowest BCUT2D eigenvalue weighted by Gasteiger charge is -2.19. The van der Waals surface area contributed by atoms with Crippen LogP contribution >= 0.6 is 0 Å². The van der Waals surface area contributed by atoms with Crippen LogP contribution in [-0.2, 0) is 11.8 Å². The molecule has 0 fully saturated rings. The lowest BCUT2D eigenvalue weighted by molar-refractivity contribution is 0.0989. The van der Waals surface area contributed by atoms with Gasteiger partial charge in [-0.15, -0.1) is 0 Å². The molecule has 0 aliphatic carbocycles. The molecule has 20 heavy (non-hydrogen) atoms. The van der Waals surface area contributed by atoms with E-state index >= 15 is 0 Å². The fraction of sp³-hybridized carbons (Fsp3) is 0.294. The zero-order chi connectivity index (χ0) is 14.8. The number of carbonyl (C=O) groups excluding carboxylic acids is 1. The maximum absolute atomic E-state index is 12.2. The molecular weight excluding hydrogens is 248 g/mol. The Kier molecular flexibility index (Phi) is 3.89. The standard InChI is InChI=1S/C17H20N2O/c1-17(2,3)13-8-6-12(7-9-13)11-15(20)16-14(18)5-4-10-19-16/h4-10H,11,18H2,1-3H3. The van der Waals surface area contributed by atoms with Crippen LogP contribution in [0.3, 0.4) is 0 Å². The number of aromatic nitrogens is 1. The number of anilines is 1. The molecular formula is C17H20N2O. The molecule has 1 aromatic heterocycles. The van der Waals surface area contributed by atoms with E-state index in [1.165, 1.54) is 5.56 Å². The first-order valence-corrected chi connectivity index (χ1v) is 6.71. The van der Waals surface area contributed by atoms with Gasteiger partial charge < -0.3 is 5.73 Å². The van der Waals surface area contributed by atoms with Crippen LogP contribution in [0.5, 0.6) is 0 Å². The maximum Gasteiger partial charge on any atom is 0.187 e. The lowest BCUT2D eigenvalue weighted by Crippen LogP contribution is -2.12. The molecule has 0 aliphatic heterocycles. The Morgan fingerprint density at radius 3 is 2.35 bits per heavy atom. The van der Waals surface area contributed by atoms with Crippen molar-refractivity contribution in [2.45, 2.75) is 32.6 Å². The van der Waals surface area contributed by atoms with Crippen LogP contribution < -0.4 is 5.73 Å². The number of pyridine rings is 1. The second kappa shape index (κ2) is 5.45. The summed E-state index contributed by atoms with van der Waals surface area (Å²) in [4.78, 5) is 16.2. The highest BCUT2D eigenvalue weighted by Crippen LogP contribution is 2.22. The average molecular weight is 268 g/mol. The summed E-state index contributed by atoms with van der Waals surface area (Å²) in [5.41, 5.74) is 8.92. The van der Waals surface area contributed by atoms with Gasteiger partial charge in [0.2, 0.25) is 0 Å². The van der Waals surface area contributed by atoms with Crippen LogP contribution in [0.2, 0.25) is 0 Å². The topological polar surface area (TPSA) is 56.0 Å². The van der Waals surface area contributed by atoms with Crippen molar-refractivity contribution in [2.24, 2.45) is 0 Å². The lowest BCUT2D eigenvalue weighted by atomic mass is 9.86. The van der Waals surface area contributed by atoms with Crippen LogP contribution in [0.4, 0.5) is 5.69 Å². The first-order chi connectivity index (χ1) is 9.38. The van der Waals surface area contributed by atoms with Crippen molar-refractivity contribution in [3.05, 3.63) is 59.4 Å². The summed E-state index contributed by atoms with van der Waals surface area (Å²) >= 11 is 0. The Morgan fingerprint density at radius 1 is 1.15 bits per heavy atom. The zero-order valence-corrected chi connectivity index (χ0v) is 12.2. The normalized spacial score (nSPS) is 11.3. The molecule has 2 rings (SSSR count). The molecule has 2 N–H and O–H groups in total. The molecule has 0 saturated heterocycles. The highest BCUT2D eigenvalue weighted by Gasteiger charge is 2.15. The highest BCUT2D eigenvalue weighted by molar-refractivity contribution is 5.99. The molecule has 2 aromatic rings. The largest absolute Gasteiger partial charge is 0.397 e. The van der Waals surface area contributed by atoms with Gasteiger partial charge >= 0.3 is 0 Å². The number of nitrogens with zero attached hydrogens (tertiary/aromatic N) is 1. The van der Waals surface area contributed by atoms with Gasteiger partial charge in [0.1, 0.15) is 5.69 Å². The number of hydrogen-bond donors (Lipinski definition) is 1. The summed E-state index contributed by atoms with van der Waals surface area (Å²) in [6, 6.07) is 11.6. The quantitative estimate of drug-likeness (QED) is 0.868. The number of ketones is 1. The summed E-state index contributed by atoms with van der Waals surface area (Å²) in [6.45, 7) is 6.51. The van der Waals surface area contributed by atoms with Crippen LogP contribution in [0, 0.1) is 0 Å². The molecule has 0 bridgehead atoms. The molecule has 1 heterocycles. The van der Waals surface area contributed by atoms with E-state index in [1.54, 1.807) is 18.3 Å². The Labute approximate surface area is 119 Å². The van der Waals surface area contributed by atoms with E-state index in [0.717, 1.165) is 5.56 Å². The van der Waals surface area contributed by atoms with E-state index in [9.17, 15) is 4.79 Å². The van der Waals surface area contributed by atoms with Gasteiger partial charge in [-0.2, -0.15) is 0 Å². The van der Waals surface area contributed by atoms with Gasteiger partial charge in [0.05, 0.1) is 5.69 Å². The minimum Gasteiger partial charge on any atom is -0.397 e. The molecule has 104 valence electrons. The smallest absolute Gasteiger partial charge is 0.187 e. The van der Waals surface area contributed by atoms with Gasteiger partial charge in [-0.3, -0.25) is 9.78 Å². The van der Waals surface area contributed by atoms with E-state index in [-0.39, 0.29) is 11.2 Å². The van der Waals surface area contributed by atoms with Crippen LogP contribution in [0.25, 0.3) is 0 Å². The third kappa shape index (κ3) is 3.23. The Bertz CT molecular complexity index is 610. The van der Waals surface area contributed by atoms with Gasteiger partial charge in [-0.05, 0) is 28.7 Å². The SMILES string of the molecule is CC(C)(C)c1ccc(CC(=O)c2ncccc2N)cc1. The van der Waals surface area contributed by atoms with Crippen molar-refractivity contribution in [1.82, 2.24) is 4.98 Å². The first kappa shape index (κ1) is 14.3. The number of hydrogen-bond acceptors (Lipinski definition) is 3. The third-order valence-electron chi connectivity index (χ3n) is 3.29. The summed E-state index contributed by atoms with van der Waals surface area (Å²) in [5.74, 6) is -0.0494. The molecule has 0 aliphatic rings. The fourth-order valence-corrected chi connectivity index (χ4v) is 2.04. The van der Waals surface area contributed by atoms with Crippen molar-refractivity contribution in [3.63, 3.8) is 0 Å². The summed E-state index contributed by atoms with van der Waals surface area (Å²) in [7, 11) is 0. The Balaban J connectivity index is 2.15. The van der Waals surface area contributed by atoms with Gasteiger partial charge in [-0.1, -0.05) is 45.0 Å². The molecule has 0 radical (unpaired) electrons. The number of nitrogen functional groups attached to an aromatic ring is 1. The van der Waals surface area contributed by atoms with Gasteiger partial charge in [-0.25, -0.2) is 0 Å². The number of benzene rings is 1. The van der Waals surface area contributed by atoms with Gasteiger partial charge in [0.15, 0.2) is 5.78 Å². The number of carbonyl (C=O) groups is 1. The van der Waals surface area contributed by atoms with Crippen molar-refractivity contribution < 1.29 is 4.79 Å². The van der Waals surface area contributed by atoms with E-state index in [0.29, 0.717) is 17.8 Å². The predicted molar refractivity (Wildman–Crippen MR) is 81.8 cm³/mol. The fourth-order valence-electron chi connectivity index (χ4n) is 2.04. The monoisotopic (exact) mass is 268 g/mol. The summed E-state index contributed by atoms with van der Waals surface area (Å²) < 4.78 is 0. The third-order valence-corrected chi connectivity index (χ3v) is 3.29. The zero-order valence-electron chi connectivity index (χ0n) is 12.2. The number of Topliss-reactive ketones (excluding diaryl/α,β-unsaturated/α-hetero) is 1.